The first-order valence-electron chi connectivity index (χ1n) is 12.2. The fourth-order valence-corrected chi connectivity index (χ4v) is 4.78. The van der Waals surface area contributed by atoms with E-state index in [2.05, 4.69) is 5.32 Å². The average Bonchev–Trinajstić information content (AvgIpc) is 3.43. The van der Waals surface area contributed by atoms with Crippen LogP contribution >= 0.6 is 0 Å². The third-order valence-electron chi connectivity index (χ3n) is 6.61. The molecule has 0 radical (unpaired) electrons. The van der Waals surface area contributed by atoms with Gasteiger partial charge in [-0.2, -0.15) is 0 Å². The normalized spacial score (nSPS) is 16.4. The van der Waals surface area contributed by atoms with Crippen LogP contribution in [0.15, 0.2) is 65.3 Å². The van der Waals surface area contributed by atoms with E-state index in [0.29, 0.717) is 30.4 Å². The molecular weight excluding hydrogens is 444 g/mol. The van der Waals surface area contributed by atoms with Crippen molar-refractivity contribution in [2.24, 2.45) is 0 Å². The highest BCUT2D eigenvalue weighted by Gasteiger charge is 2.36. The monoisotopic (exact) mass is 474 g/mol. The summed E-state index contributed by atoms with van der Waals surface area (Å²) in [5, 5.41) is 3.23. The zero-order valence-electron chi connectivity index (χ0n) is 19.9. The Morgan fingerprint density at radius 3 is 2.40 bits per heavy atom. The van der Waals surface area contributed by atoms with Gasteiger partial charge < -0.3 is 19.2 Å². The highest BCUT2D eigenvalue weighted by atomic mass is 16.6. The lowest BCUT2D eigenvalue weighted by molar-refractivity contribution is -0.123. The molecule has 5 rings (SSSR count). The van der Waals surface area contributed by atoms with Gasteiger partial charge in [-0.25, -0.2) is 0 Å². The number of furan rings is 1. The number of aryl methyl sites for hydroxylation is 1. The quantitative estimate of drug-likeness (QED) is 0.531. The summed E-state index contributed by atoms with van der Waals surface area (Å²) in [5.41, 5.74) is 2.32. The molecular formula is C28H30N2O5. The number of rotatable bonds is 6. The molecule has 35 heavy (non-hydrogen) atoms. The van der Waals surface area contributed by atoms with E-state index < -0.39 is 11.9 Å². The van der Waals surface area contributed by atoms with Crippen molar-refractivity contribution >= 4 is 17.5 Å². The molecule has 182 valence electrons. The number of nitrogens with zero attached hydrogens (tertiary/aromatic N) is 1. The Bertz CT molecular complexity index is 1170. The summed E-state index contributed by atoms with van der Waals surface area (Å²) in [6, 6.07) is 15.5. The lowest BCUT2D eigenvalue weighted by Gasteiger charge is -2.33. The number of amides is 2. The number of hydrogen-bond donors (Lipinski definition) is 1. The Morgan fingerprint density at radius 2 is 1.69 bits per heavy atom. The minimum Gasteiger partial charge on any atom is -0.486 e. The number of fused-ring (bicyclic) bond motifs is 1. The second-order valence-corrected chi connectivity index (χ2v) is 9.14. The van der Waals surface area contributed by atoms with Gasteiger partial charge in [0.1, 0.15) is 19.3 Å². The molecule has 1 aliphatic carbocycles. The Morgan fingerprint density at radius 1 is 0.943 bits per heavy atom. The van der Waals surface area contributed by atoms with Crippen LogP contribution in [0.2, 0.25) is 0 Å². The zero-order chi connectivity index (χ0) is 24.2. The Labute approximate surface area is 205 Å². The van der Waals surface area contributed by atoms with Crippen LogP contribution in [0.5, 0.6) is 11.5 Å². The van der Waals surface area contributed by atoms with E-state index in [4.69, 9.17) is 13.9 Å². The van der Waals surface area contributed by atoms with Gasteiger partial charge in [-0.05, 0) is 49.6 Å². The molecule has 2 aromatic carbocycles. The third kappa shape index (κ3) is 5.04. The summed E-state index contributed by atoms with van der Waals surface area (Å²) < 4.78 is 16.9. The molecule has 7 nitrogen and oxygen atoms in total. The summed E-state index contributed by atoms with van der Waals surface area (Å²) in [4.78, 5) is 29.2. The largest absolute Gasteiger partial charge is 0.486 e. The Balaban J connectivity index is 1.59. The van der Waals surface area contributed by atoms with Gasteiger partial charge in [-0.3, -0.25) is 14.5 Å². The van der Waals surface area contributed by atoms with Crippen molar-refractivity contribution in [2.45, 2.75) is 51.1 Å². The fraction of sp³-hybridized carbons (Fsp3) is 0.357. The highest BCUT2D eigenvalue weighted by Crippen LogP contribution is 2.38. The van der Waals surface area contributed by atoms with E-state index in [0.717, 1.165) is 36.8 Å². The van der Waals surface area contributed by atoms with E-state index in [1.54, 1.807) is 30.3 Å². The number of anilines is 1. The molecule has 2 heterocycles. The summed E-state index contributed by atoms with van der Waals surface area (Å²) in [7, 11) is 0. The number of ether oxygens (including phenoxy) is 2. The lowest BCUT2D eigenvalue weighted by atomic mass is 9.94. The van der Waals surface area contributed by atoms with Gasteiger partial charge >= 0.3 is 0 Å². The highest BCUT2D eigenvalue weighted by molar-refractivity contribution is 6.08. The van der Waals surface area contributed by atoms with E-state index in [-0.39, 0.29) is 17.7 Å². The number of hydrogen-bond acceptors (Lipinski definition) is 5. The molecule has 1 N–H and O–H groups in total. The molecule has 2 aliphatic rings. The van der Waals surface area contributed by atoms with E-state index in [1.807, 2.05) is 31.2 Å². The molecule has 1 saturated carbocycles. The van der Waals surface area contributed by atoms with Gasteiger partial charge in [0.2, 0.25) is 5.91 Å². The molecule has 1 atom stereocenters. The average molecular weight is 475 g/mol. The minimum absolute atomic E-state index is 0.102. The maximum Gasteiger partial charge on any atom is 0.294 e. The van der Waals surface area contributed by atoms with Gasteiger partial charge in [-0.1, -0.05) is 49.1 Å². The molecule has 0 spiro atoms. The van der Waals surface area contributed by atoms with Crippen LogP contribution < -0.4 is 19.7 Å². The molecule has 1 fully saturated rings. The summed E-state index contributed by atoms with van der Waals surface area (Å²) in [5.74, 6) is 0.694. The Hall–Kier alpha value is -3.74. The van der Waals surface area contributed by atoms with Crippen LogP contribution in [0.25, 0.3) is 0 Å². The van der Waals surface area contributed by atoms with Crippen LogP contribution in [-0.2, 0) is 4.79 Å². The van der Waals surface area contributed by atoms with Crippen LogP contribution in [0.4, 0.5) is 5.69 Å². The maximum absolute atomic E-state index is 13.9. The van der Waals surface area contributed by atoms with Crippen LogP contribution in [0.1, 0.15) is 59.8 Å². The van der Waals surface area contributed by atoms with Crippen molar-refractivity contribution in [2.75, 3.05) is 18.1 Å². The first kappa shape index (κ1) is 23.0. The van der Waals surface area contributed by atoms with Gasteiger partial charge in [0, 0.05) is 17.8 Å². The van der Waals surface area contributed by atoms with Gasteiger partial charge in [-0.15, -0.1) is 0 Å². The maximum atomic E-state index is 13.9. The second kappa shape index (κ2) is 10.3. The van der Waals surface area contributed by atoms with Gasteiger partial charge in [0.15, 0.2) is 17.3 Å². The van der Waals surface area contributed by atoms with Crippen molar-refractivity contribution in [3.05, 3.63) is 77.7 Å². The fourth-order valence-electron chi connectivity index (χ4n) is 4.78. The molecule has 1 aromatic heterocycles. The SMILES string of the molecule is Cc1ccc([C@@H](C(=O)NC2CCCCC2)N(C(=O)c2ccco2)c2ccc3c(c2)OCCO3)cc1. The minimum atomic E-state index is -0.891. The molecule has 1 aliphatic heterocycles. The first-order valence-corrected chi connectivity index (χ1v) is 12.2. The molecule has 7 heteroatoms. The standard InChI is InChI=1S/C28H30N2O5/c1-19-9-11-20(12-10-19)26(27(31)29-21-6-3-2-4-7-21)30(28(32)24-8-5-15-33-24)22-13-14-23-25(18-22)35-17-16-34-23/h5,8-15,18,21,26H,2-4,6-7,16-17H2,1H3,(H,29,31)/t26-/m0/s1. The van der Waals surface area contributed by atoms with Crippen molar-refractivity contribution in [3.8, 4) is 11.5 Å². The molecule has 3 aromatic rings. The number of benzene rings is 2. The van der Waals surface area contributed by atoms with Crippen molar-refractivity contribution < 1.29 is 23.5 Å². The van der Waals surface area contributed by atoms with Crippen molar-refractivity contribution in [1.82, 2.24) is 5.32 Å². The smallest absolute Gasteiger partial charge is 0.294 e. The van der Waals surface area contributed by atoms with Crippen LogP contribution in [-0.4, -0.2) is 31.1 Å². The predicted molar refractivity (Wildman–Crippen MR) is 132 cm³/mol. The molecule has 0 bridgehead atoms. The zero-order valence-corrected chi connectivity index (χ0v) is 19.9. The Kier molecular flexibility index (Phi) is 6.75. The summed E-state index contributed by atoms with van der Waals surface area (Å²) in [6.45, 7) is 2.89. The van der Waals surface area contributed by atoms with E-state index >= 15 is 0 Å². The van der Waals surface area contributed by atoms with Crippen molar-refractivity contribution in [3.63, 3.8) is 0 Å². The topological polar surface area (TPSA) is 81.0 Å². The van der Waals surface area contributed by atoms with Crippen LogP contribution in [0, 0.1) is 6.92 Å². The number of nitrogens with one attached hydrogen (secondary N) is 1. The third-order valence-corrected chi connectivity index (χ3v) is 6.61. The molecule has 0 unspecified atom stereocenters. The van der Waals surface area contributed by atoms with Gasteiger partial charge in [0.25, 0.3) is 5.91 Å². The van der Waals surface area contributed by atoms with Crippen molar-refractivity contribution in [1.29, 1.82) is 0 Å². The summed E-state index contributed by atoms with van der Waals surface area (Å²) in [6.07, 6.45) is 6.73. The molecule has 0 saturated heterocycles. The van der Waals surface area contributed by atoms with Gasteiger partial charge in [0.05, 0.1) is 6.26 Å². The molecule has 2 amide bonds. The number of carbonyl (C=O) groups excluding carboxylic acids is 2. The summed E-state index contributed by atoms with van der Waals surface area (Å²) >= 11 is 0. The van der Waals surface area contributed by atoms with E-state index in [1.165, 1.54) is 17.6 Å². The predicted octanol–water partition coefficient (Wildman–Crippen LogP) is 5.20. The first-order chi connectivity index (χ1) is 17.1. The second-order valence-electron chi connectivity index (χ2n) is 9.14. The van der Waals surface area contributed by atoms with E-state index in [9.17, 15) is 9.59 Å². The lowest BCUT2D eigenvalue weighted by Crippen LogP contribution is -2.47. The van der Waals surface area contributed by atoms with Crippen LogP contribution in [0.3, 0.4) is 0 Å². The number of carbonyl (C=O) groups is 2.